The van der Waals surface area contributed by atoms with Gasteiger partial charge in [-0.2, -0.15) is 0 Å². The second-order valence-corrected chi connectivity index (χ2v) is 5.93. The summed E-state index contributed by atoms with van der Waals surface area (Å²) in [6.45, 7) is 2.20. The molecule has 0 amide bonds. The maximum absolute atomic E-state index is 10.3. The van der Waals surface area contributed by atoms with Gasteiger partial charge in [-0.15, -0.1) is 0 Å². The summed E-state index contributed by atoms with van der Waals surface area (Å²) in [6, 6.07) is 0. The number of hydrogen-bond donors (Lipinski definition) is 2. The second kappa shape index (κ2) is 16.3. The minimum atomic E-state index is -0.700. The summed E-state index contributed by atoms with van der Waals surface area (Å²) >= 11 is 0. The molecule has 0 aromatic rings. The standard InChI is InChI=1S/C19H34O3/c1-2-3-4-5-6-9-12-15-18(20)16-13-10-7-8-11-14-17-19(21)22/h6,9,12,15,18,20H,2-5,7-8,10-11,13-14,16-17H2,1H3,(H,21,22)/b9-6+,15-12+. The maximum atomic E-state index is 10.3. The lowest BCUT2D eigenvalue weighted by molar-refractivity contribution is -0.137. The first kappa shape index (κ1) is 20.9. The number of carbonyl (C=O) groups is 1. The van der Waals surface area contributed by atoms with Crippen LogP contribution in [-0.2, 0) is 4.79 Å². The van der Waals surface area contributed by atoms with Crippen LogP contribution in [0.3, 0.4) is 0 Å². The summed E-state index contributed by atoms with van der Waals surface area (Å²) in [6.07, 6.45) is 19.8. The highest BCUT2D eigenvalue weighted by atomic mass is 16.4. The molecule has 3 nitrogen and oxygen atoms in total. The largest absolute Gasteiger partial charge is 0.481 e. The molecule has 1 atom stereocenters. The fourth-order valence-electron chi connectivity index (χ4n) is 2.31. The van der Waals surface area contributed by atoms with Crippen LogP contribution < -0.4 is 0 Å². The first-order chi connectivity index (χ1) is 10.7. The zero-order valence-corrected chi connectivity index (χ0v) is 14.2. The van der Waals surface area contributed by atoms with Crippen molar-refractivity contribution in [1.29, 1.82) is 0 Å². The summed E-state index contributed by atoms with van der Waals surface area (Å²) in [7, 11) is 0. The lowest BCUT2D eigenvalue weighted by atomic mass is 10.1. The molecule has 0 saturated heterocycles. The summed E-state index contributed by atoms with van der Waals surface area (Å²) < 4.78 is 0. The Morgan fingerprint density at radius 3 is 2.32 bits per heavy atom. The molecular weight excluding hydrogens is 276 g/mol. The number of allylic oxidation sites excluding steroid dienone is 3. The van der Waals surface area contributed by atoms with Crippen LogP contribution in [-0.4, -0.2) is 22.3 Å². The van der Waals surface area contributed by atoms with Gasteiger partial charge in [0.05, 0.1) is 6.10 Å². The minimum Gasteiger partial charge on any atom is -0.481 e. The van der Waals surface area contributed by atoms with Crippen molar-refractivity contribution in [3.8, 4) is 0 Å². The van der Waals surface area contributed by atoms with Crippen molar-refractivity contribution in [3.63, 3.8) is 0 Å². The third kappa shape index (κ3) is 17.0. The third-order valence-corrected chi connectivity index (χ3v) is 3.70. The smallest absolute Gasteiger partial charge is 0.303 e. The van der Waals surface area contributed by atoms with Crippen molar-refractivity contribution < 1.29 is 15.0 Å². The van der Waals surface area contributed by atoms with E-state index in [2.05, 4.69) is 13.0 Å². The molecule has 0 fully saturated rings. The Morgan fingerprint density at radius 2 is 1.64 bits per heavy atom. The van der Waals surface area contributed by atoms with Crippen LogP contribution in [0.4, 0.5) is 0 Å². The average molecular weight is 310 g/mol. The molecule has 0 aromatic heterocycles. The van der Waals surface area contributed by atoms with Gasteiger partial charge in [0.1, 0.15) is 0 Å². The molecule has 0 aliphatic heterocycles. The van der Waals surface area contributed by atoms with Crippen LogP contribution in [0.25, 0.3) is 0 Å². The van der Waals surface area contributed by atoms with Gasteiger partial charge >= 0.3 is 5.97 Å². The van der Waals surface area contributed by atoms with Crippen LogP contribution in [0.15, 0.2) is 24.3 Å². The summed E-state index contributed by atoms with van der Waals surface area (Å²) in [5, 5.41) is 18.3. The molecule has 0 aliphatic rings. The normalized spacial score (nSPS) is 13.2. The van der Waals surface area contributed by atoms with Gasteiger partial charge in [-0.1, -0.05) is 76.2 Å². The molecule has 0 bridgehead atoms. The van der Waals surface area contributed by atoms with E-state index in [0.29, 0.717) is 0 Å². The van der Waals surface area contributed by atoms with Gasteiger partial charge in [0.2, 0.25) is 0 Å². The Bertz CT molecular complexity index is 308. The quantitative estimate of drug-likeness (QED) is 0.321. The number of carboxylic acids is 1. The van der Waals surface area contributed by atoms with E-state index in [4.69, 9.17) is 5.11 Å². The predicted octanol–water partition coefficient (Wildman–Crippen LogP) is 5.25. The number of aliphatic hydroxyl groups excluding tert-OH is 1. The van der Waals surface area contributed by atoms with E-state index in [0.717, 1.165) is 51.4 Å². The molecule has 3 heteroatoms. The van der Waals surface area contributed by atoms with Crippen molar-refractivity contribution in [2.75, 3.05) is 0 Å². The molecule has 0 aromatic carbocycles. The van der Waals surface area contributed by atoms with E-state index in [1.165, 1.54) is 19.3 Å². The van der Waals surface area contributed by atoms with Gasteiger partial charge < -0.3 is 10.2 Å². The van der Waals surface area contributed by atoms with Crippen molar-refractivity contribution in [1.82, 2.24) is 0 Å². The van der Waals surface area contributed by atoms with Crippen LogP contribution in [0, 0.1) is 0 Å². The summed E-state index contributed by atoms with van der Waals surface area (Å²) in [4.78, 5) is 10.3. The molecule has 2 N–H and O–H groups in total. The Balaban J connectivity index is 3.38. The first-order valence-electron chi connectivity index (χ1n) is 8.90. The third-order valence-electron chi connectivity index (χ3n) is 3.70. The van der Waals surface area contributed by atoms with Crippen molar-refractivity contribution in [2.24, 2.45) is 0 Å². The topological polar surface area (TPSA) is 57.5 Å². The zero-order chi connectivity index (χ0) is 16.5. The van der Waals surface area contributed by atoms with Gasteiger partial charge in [-0.25, -0.2) is 0 Å². The molecule has 0 radical (unpaired) electrons. The Morgan fingerprint density at radius 1 is 0.955 bits per heavy atom. The van der Waals surface area contributed by atoms with Crippen molar-refractivity contribution in [3.05, 3.63) is 24.3 Å². The molecule has 0 saturated carbocycles. The van der Waals surface area contributed by atoms with Crippen LogP contribution in [0.5, 0.6) is 0 Å². The fraction of sp³-hybridized carbons (Fsp3) is 0.737. The van der Waals surface area contributed by atoms with Gasteiger partial charge in [0, 0.05) is 6.42 Å². The van der Waals surface area contributed by atoms with Crippen LogP contribution in [0.2, 0.25) is 0 Å². The predicted molar refractivity (Wildman–Crippen MR) is 93.0 cm³/mol. The van der Waals surface area contributed by atoms with Gasteiger partial charge in [-0.05, 0) is 25.7 Å². The number of aliphatic carboxylic acids is 1. The number of unbranched alkanes of at least 4 members (excludes halogenated alkanes) is 8. The minimum absolute atomic E-state index is 0.287. The fourth-order valence-corrected chi connectivity index (χ4v) is 2.31. The van der Waals surface area contributed by atoms with E-state index < -0.39 is 5.97 Å². The molecule has 0 aliphatic carbocycles. The van der Waals surface area contributed by atoms with E-state index in [9.17, 15) is 9.90 Å². The van der Waals surface area contributed by atoms with Crippen molar-refractivity contribution >= 4 is 5.97 Å². The maximum Gasteiger partial charge on any atom is 0.303 e. The molecular formula is C19H34O3. The van der Waals surface area contributed by atoms with Gasteiger partial charge in [-0.3, -0.25) is 4.79 Å². The van der Waals surface area contributed by atoms with E-state index in [1.807, 2.05) is 18.2 Å². The highest BCUT2D eigenvalue weighted by Crippen LogP contribution is 2.10. The van der Waals surface area contributed by atoms with Crippen molar-refractivity contribution in [2.45, 2.75) is 90.1 Å². The molecule has 0 heterocycles. The monoisotopic (exact) mass is 310 g/mol. The highest BCUT2D eigenvalue weighted by Gasteiger charge is 1.99. The lowest BCUT2D eigenvalue weighted by Gasteiger charge is -2.05. The Kier molecular flexibility index (Phi) is 15.5. The number of carboxylic acid groups (broad SMARTS) is 1. The summed E-state index contributed by atoms with van der Waals surface area (Å²) in [5.41, 5.74) is 0. The van der Waals surface area contributed by atoms with E-state index in [1.54, 1.807) is 0 Å². The van der Waals surface area contributed by atoms with E-state index in [-0.39, 0.29) is 12.5 Å². The second-order valence-electron chi connectivity index (χ2n) is 5.93. The Hall–Kier alpha value is -1.09. The van der Waals surface area contributed by atoms with Gasteiger partial charge in [0.15, 0.2) is 0 Å². The molecule has 1 unspecified atom stereocenters. The highest BCUT2D eigenvalue weighted by molar-refractivity contribution is 5.66. The average Bonchev–Trinajstić information content (AvgIpc) is 2.48. The Labute approximate surface area is 136 Å². The SMILES string of the molecule is CCCCC/C=C/C=C/C(O)CCCCCCCCC(=O)O. The van der Waals surface area contributed by atoms with Gasteiger partial charge in [0.25, 0.3) is 0 Å². The van der Waals surface area contributed by atoms with E-state index >= 15 is 0 Å². The molecule has 22 heavy (non-hydrogen) atoms. The number of rotatable bonds is 15. The zero-order valence-electron chi connectivity index (χ0n) is 14.2. The first-order valence-corrected chi connectivity index (χ1v) is 8.90. The molecule has 0 rings (SSSR count). The number of hydrogen-bond acceptors (Lipinski definition) is 2. The van der Waals surface area contributed by atoms with Crippen LogP contribution >= 0.6 is 0 Å². The van der Waals surface area contributed by atoms with Crippen LogP contribution in [0.1, 0.15) is 84.0 Å². The number of aliphatic hydroxyl groups is 1. The molecule has 0 spiro atoms. The molecule has 128 valence electrons. The lowest BCUT2D eigenvalue weighted by Crippen LogP contribution is -2.01. The summed E-state index contributed by atoms with van der Waals surface area (Å²) in [5.74, 6) is -0.700.